The zero-order valence-corrected chi connectivity index (χ0v) is 10.5. The van der Waals surface area contributed by atoms with Gasteiger partial charge in [-0.15, -0.1) is 0 Å². The second-order valence-corrected chi connectivity index (χ2v) is 5.17. The van der Waals surface area contributed by atoms with Crippen LogP contribution in [0, 0.1) is 0 Å². The van der Waals surface area contributed by atoms with E-state index in [4.69, 9.17) is 5.11 Å². The van der Waals surface area contributed by atoms with Crippen LogP contribution in [-0.4, -0.2) is 47.3 Å². The molecule has 0 aromatic heterocycles. The third-order valence-corrected chi connectivity index (χ3v) is 3.74. The molecule has 0 bridgehead atoms. The lowest BCUT2D eigenvalue weighted by Gasteiger charge is -2.26. The quantitative estimate of drug-likeness (QED) is 0.697. The second kappa shape index (κ2) is 5.93. The molecule has 1 saturated heterocycles. The Morgan fingerprint density at radius 2 is 1.72 bits per heavy atom. The van der Waals surface area contributed by atoms with Crippen LogP contribution in [0.5, 0.6) is 0 Å². The smallest absolute Gasteiger partial charge is 0.404 e. The van der Waals surface area contributed by atoms with Crippen molar-refractivity contribution in [3.8, 4) is 0 Å². The Morgan fingerprint density at radius 3 is 2.39 bits per heavy atom. The number of hydrogen-bond acceptors (Lipinski definition) is 2. The fraction of sp³-hybridized carbons (Fsp3) is 0.833. The summed E-state index contributed by atoms with van der Waals surface area (Å²) in [6.45, 7) is 1.11. The van der Waals surface area contributed by atoms with E-state index in [-0.39, 0.29) is 12.1 Å². The number of nitrogens with zero attached hydrogens (tertiary/aromatic N) is 1. The first kappa shape index (κ1) is 13.0. The normalized spacial score (nSPS) is 24.9. The van der Waals surface area contributed by atoms with Gasteiger partial charge in [0.2, 0.25) is 0 Å². The molecule has 3 amide bonds. The molecule has 102 valence electrons. The first-order valence-corrected chi connectivity index (χ1v) is 6.70. The maximum Gasteiger partial charge on any atom is 0.404 e. The van der Waals surface area contributed by atoms with Crippen molar-refractivity contribution in [3.63, 3.8) is 0 Å². The van der Waals surface area contributed by atoms with Crippen LogP contribution in [-0.2, 0) is 0 Å². The van der Waals surface area contributed by atoms with Crippen LogP contribution < -0.4 is 10.6 Å². The molecule has 3 N–H and O–H groups in total. The summed E-state index contributed by atoms with van der Waals surface area (Å²) in [7, 11) is 0. The Bertz CT molecular complexity index is 316. The first-order chi connectivity index (χ1) is 8.65. The topological polar surface area (TPSA) is 81.7 Å². The minimum Gasteiger partial charge on any atom is -0.465 e. The average Bonchev–Trinajstić information content (AvgIpc) is 2.78. The predicted molar refractivity (Wildman–Crippen MR) is 66.5 cm³/mol. The van der Waals surface area contributed by atoms with Gasteiger partial charge in [-0.05, 0) is 19.3 Å². The van der Waals surface area contributed by atoms with Gasteiger partial charge in [-0.25, -0.2) is 9.59 Å². The van der Waals surface area contributed by atoms with E-state index in [9.17, 15) is 9.59 Å². The van der Waals surface area contributed by atoms with Crippen LogP contribution in [0.3, 0.4) is 0 Å². The molecule has 2 aliphatic rings. The largest absolute Gasteiger partial charge is 0.465 e. The summed E-state index contributed by atoms with van der Waals surface area (Å²) in [6.07, 6.45) is 5.45. The molecule has 0 aromatic rings. The number of rotatable bonds is 2. The van der Waals surface area contributed by atoms with Crippen molar-refractivity contribution in [2.75, 3.05) is 13.1 Å². The van der Waals surface area contributed by atoms with E-state index in [1.807, 2.05) is 0 Å². The van der Waals surface area contributed by atoms with Crippen molar-refractivity contribution in [2.24, 2.45) is 0 Å². The zero-order valence-electron chi connectivity index (χ0n) is 10.5. The number of carbonyl (C=O) groups excluding carboxylic acids is 1. The molecule has 1 heterocycles. The monoisotopic (exact) mass is 255 g/mol. The Balaban J connectivity index is 1.74. The van der Waals surface area contributed by atoms with Crippen LogP contribution in [0.15, 0.2) is 0 Å². The molecule has 1 unspecified atom stereocenters. The lowest BCUT2D eigenvalue weighted by Crippen LogP contribution is -2.46. The van der Waals surface area contributed by atoms with E-state index in [0.29, 0.717) is 25.6 Å². The lowest BCUT2D eigenvalue weighted by molar-refractivity contribution is 0.186. The van der Waals surface area contributed by atoms with Gasteiger partial charge in [0.25, 0.3) is 0 Å². The highest BCUT2D eigenvalue weighted by atomic mass is 16.4. The number of nitrogens with one attached hydrogen (secondary N) is 2. The number of likely N-dealkylation sites (tertiary alicyclic amines) is 1. The predicted octanol–water partition coefficient (Wildman–Crippen LogP) is 1.37. The Kier molecular flexibility index (Phi) is 4.28. The average molecular weight is 255 g/mol. The van der Waals surface area contributed by atoms with Crippen LogP contribution >= 0.6 is 0 Å². The van der Waals surface area contributed by atoms with E-state index in [0.717, 1.165) is 12.8 Å². The summed E-state index contributed by atoms with van der Waals surface area (Å²) in [5.74, 6) is 0. The van der Waals surface area contributed by atoms with Crippen molar-refractivity contribution in [1.82, 2.24) is 15.5 Å². The number of hydrogen-bond donors (Lipinski definition) is 3. The van der Waals surface area contributed by atoms with Gasteiger partial charge in [0.05, 0.1) is 6.04 Å². The second-order valence-electron chi connectivity index (χ2n) is 5.17. The SMILES string of the molecule is O=C(O)NC1CCN(C(=O)NC2CCCCC2)C1. The van der Waals surface area contributed by atoms with Gasteiger partial charge in [0, 0.05) is 19.1 Å². The van der Waals surface area contributed by atoms with Gasteiger partial charge < -0.3 is 20.6 Å². The molecule has 1 aliphatic heterocycles. The van der Waals surface area contributed by atoms with E-state index in [1.165, 1.54) is 19.3 Å². The maximum atomic E-state index is 12.0. The standard InChI is InChI=1S/C12H21N3O3/c16-11(13-9-4-2-1-3-5-9)15-7-6-10(8-15)14-12(17)18/h9-10,14H,1-8H2,(H,13,16)(H,17,18). The third-order valence-electron chi connectivity index (χ3n) is 3.74. The highest BCUT2D eigenvalue weighted by Gasteiger charge is 2.28. The summed E-state index contributed by atoms with van der Waals surface area (Å²) in [6, 6.07) is 0.133. The van der Waals surface area contributed by atoms with Gasteiger partial charge in [-0.3, -0.25) is 0 Å². The minimum absolute atomic E-state index is 0.0448. The molecule has 1 aliphatic carbocycles. The van der Waals surface area contributed by atoms with Crippen molar-refractivity contribution in [3.05, 3.63) is 0 Å². The van der Waals surface area contributed by atoms with Crippen molar-refractivity contribution in [2.45, 2.75) is 50.6 Å². The Labute approximate surface area is 107 Å². The fourth-order valence-corrected chi connectivity index (χ4v) is 2.75. The summed E-state index contributed by atoms with van der Waals surface area (Å²) in [5.41, 5.74) is 0. The zero-order chi connectivity index (χ0) is 13.0. The summed E-state index contributed by atoms with van der Waals surface area (Å²) >= 11 is 0. The molecule has 1 saturated carbocycles. The first-order valence-electron chi connectivity index (χ1n) is 6.70. The molecule has 2 rings (SSSR count). The van der Waals surface area contributed by atoms with E-state index < -0.39 is 6.09 Å². The number of carbonyl (C=O) groups is 2. The molecule has 0 aromatic carbocycles. The van der Waals surface area contributed by atoms with Gasteiger partial charge in [0.15, 0.2) is 0 Å². The third kappa shape index (κ3) is 3.51. The molecular formula is C12H21N3O3. The van der Waals surface area contributed by atoms with Gasteiger partial charge in [-0.1, -0.05) is 19.3 Å². The van der Waals surface area contributed by atoms with Crippen LogP contribution in [0.4, 0.5) is 9.59 Å². The molecule has 6 nitrogen and oxygen atoms in total. The summed E-state index contributed by atoms with van der Waals surface area (Å²) < 4.78 is 0. The highest BCUT2D eigenvalue weighted by molar-refractivity contribution is 5.75. The van der Waals surface area contributed by atoms with E-state index in [2.05, 4.69) is 10.6 Å². The number of amides is 3. The summed E-state index contributed by atoms with van der Waals surface area (Å²) in [5, 5.41) is 14.1. The van der Waals surface area contributed by atoms with E-state index in [1.54, 1.807) is 4.90 Å². The van der Waals surface area contributed by atoms with Gasteiger partial charge in [-0.2, -0.15) is 0 Å². The fourth-order valence-electron chi connectivity index (χ4n) is 2.75. The van der Waals surface area contributed by atoms with Gasteiger partial charge in [0.1, 0.15) is 0 Å². The van der Waals surface area contributed by atoms with Crippen LogP contribution in [0.25, 0.3) is 0 Å². The van der Waals surface area contributed by atoms with Crippen molar-refractivity contribution in [1.29, 1.82) is 0 Å². The molecule has 0 radical (unpaired) electrons. The minimum atomic E-state index is -1.02. The molecular weight excluding hydrogens is 234 g/mol. The van der Waals surface area contributed by atoms with Crippen molar-refractivity contribution < 1.29 is 14.7 Å². The van der Waals surface area contributed by atoms with Crippen molar-refractivity contribution >= 4 is 12.1 Å². The number of urea groups is 1. The molecule has 18 heavy (non-hydrogen) atoms. The molecule has 6 heteroatoms. The van der Waals surface area contributed by atoms with E-state index >= 15 is 0 Å². The molecule has 2 fully saturated rings. The molecule has 0 spiro atoms. The maximum absolute atomic E-state index is 12.0. The van der Waals surface area contributed by atoms with Crippen LogP contribution in [0.1, 0.15) is 38.5 Å². The van der Waals surface area contributed by atoms with Gasteiger partial charge >= 0.3 is 12.1 Å². The van der Waals surface area contributed by atoms with Crippen LogP contribution in [0.2, 0.25) is 0 Å². The lowest BCUT2D eigenvalue weighted by atomic mass is 9.96. The Hall–Kier alpha value is -1.46. The Morgan fingerprint density at radius 1 is 1.00 bits per heavy atom. The molecule has 1 atom stereocenters. The summed E-state index contributed by atoms with van der Waals surface area (Å²) in [4.78, 5) is 24.2. The number of carboxylic acid groups (broad SMARTS) is 1. The highest BCUT2D eigenvalue weighted by Crippen LogP contribution is 2.18.